The topological polar surface area (TPSA) is 65.3 Å². The minimum atomic E-state index is -0.271. The van der Waals surface area contributed by atoms with E-state index in [1.54, 1.807) is 48.5 Å². The van der Waals surface area contributed by atoms with Crippen molar-refractivity contribution in [1.29, 1.82) is 0 Å². The number of aromatic nitrogens is 2. The summed E-state index contributed by atoms with van der Waals surface area (Å²) in [7, 11) is 5.01. The van der Waals surface area contributed by atoms with E-state index < -0.39 is 0 Å². The number of rotatable bonds is 4. The number of halogens is 1. The lowest BCUT2D eigenvalue weighted by Crippen LogP contribution is -2.19. The van der Waals surface area contributed by atoms with Crippen molar-refractivity contribution < 1.29 is 9.53 Å². The molecule has 0 saturated heterocycles. The van der Waals surface area contributed by atoms with Gasteiger partial charge in [0.05, 0.1) is 18.1 Å². The van der Waals surface area contributed by atoms with Gasteiger partial charge in [-0.2, -0.15) is 0 Å². The Hall–Kier alpha value is -2.80. The van der Waals surface area contributed by atoms with Gasteiger partial charge in [0, 0.05) is 35.9 Å². The summed E-state index contributed by atoms with van der Waals surface area (Å²) in [4.78, 5) is 24.2. The quantitative estimate of drug-likeness (QED) is 0.664. The fourth-order valence-corrected chi connectivity index (χ4v) is 3.15. The summed E-state index contributed by atoms with van der Waals surface area (Å²) >= 11 is 3.40. The van der Waals surface area contributed by atoms with E-state index in [1.807, 2.05) is 24.3 Å². The summed E-state index contributed by atoms with van der Waals surface area (Å²) in [5.41, 5.74) is 2.87. The van der Waals surface area contributed by atoms with Gasteiger partial charge in [-0.15, -0.1) is 0 Å². The molecule has 0 unspecified atom stereocenters. The lowest BCUT2D eigenvalue weighted by atomic mass is 10.2. The monoisotopic (exact) mass is 415 g/mol. The summed E-state index contributed by atoms with van der Waals surface area (Å²) in [6.45, 7) is 0. The van der Waals surface area contributed by atoms with Gasteiger partial charge in [-0.3, -0.25) is 13.9 Å². The van der Waals surface area contributed by atoms with Gasteiger partial charge in [0.2, 0.25) is 5.91 Å². The summed E-state index contributed by atoms with van der Waals surface area (Å²) < 4.78 is 9.30. The first kappa shape index (κ1) is 18.0. The van der Waals surface area contributed by atoms with Crippen molar-refractivity contribution in [2.24, 2.45) is 14.1 Å². The number of amides is 1. The lowest BCUT2D eigenvalue weighted by Gasteiger charge is -2.06. The van der Waals surface area contributed by atoms with Crippen LogP contribution in [0.1, 0.15) is 5.56 Å². The predicted octanol–water partition coefficient (Wildman–Crippen LogP) is 3.30. The Balaban J connectivity index is 1.82. The molecule has 0 bridgehead atoms. The molecule has 134 valence electrons. The van der Waals surface area contributed by atoms with E-state index in [1.165, 1.54) is 6.08 Å². The second-order valence-electron chi connectivity index (χ2n) is 5.81. The molecular formula is C19H18BrN3O3. The van der Waals surface area contributed by atoms with Crippen molar-refractivity contribution in [3.05, 3.63) is 63.0 Å². The molecule has 0 aliphatic carbocycles. The van der Waals surface area contributed by atoms with Gasteiger partial charge < -0.3 is 10.1 Å². The third kappa shape index (κ3) is 3.43. The maximum Gasteiger partial charge on any atom is 0.328 e. The molecule has 0 aliphatic rings. The molecular weight excluding hydrogens is 398 g/mol. The third-order valence-corrected chi connectivity index (χ3v) is 4.64. The number of hydrogen-bond acceptors (Lipinski definition) is 3. The van der Waals surface area contributed by atoms with Crippen molar-refractivity contribution in [3.63, 3.8) is 0 Å². The molecule has 0 aliphatic heterocycles. The van der Waals surface area contributed by atoms with Gasteiger partial charge in [0.1, 0.15) is 5.75 Å². The molecule has 3 rings (SSSR count). The highest BCUT2D eigenvalue weighted by molar-refractivity contribution is 9.10. The zero-order chi connectivity index (χ0) is 18.8. The van der Waals surface area contributed by atoms with Crippen molar-refractivity contribution in [2.45, 2.75) is 0 Å². The maximum atomic E-state index is 12.2. The van der Waals surface area contributed by atoms with E-state index in [2.05, 4.69) is 21.2 Å². The molecule has 1 amide bonds. The smallest absolute Gasteiger partial charge is 0.328 e. The third-order valence-electron chi connectivity index (χ3n) is 4.15. The molecule has 2 aromatic carbocycles. The largest absolute Gasteiger partial charge is 0.496 e. The van der Waals surface area contributed by atoms with Crippen LogP contribution in [0.15, 0.2) is 51.7 Å². The van der Waals surface area contributed by atoms with Crippen LogP contribution in [0.3, 0.4) is 0 Å². The van der Waals surface area contributed by atoms with Gasteiger partial charge >= 0.3 is 5.69 Å². The molecule has 7 heteroatoms. The molecule has 26 heavy (non-hydrogen) atoms. The molecule has 6 nitrogen and oxygen atoms in total. The zero-order valence-corrected chi connectivity index (χ0v) is 16.2. The number of hydrogen-bond donors (Lipinski definition) is 1. The fourth-order valence-electron chi connectivity index (χ4n) is 2.77. The van der Waals surface area contributed by atoms with Crippen LogP contribution in [0.25, 0.3) is 17.1 Å². The summed E-state index contributed by atoms with van der Waals surface area (Å²) in [5.74, 6) is 0.408. The minimum absolute atomic E-state index is 0.106. The Kier molecular flexibility index (Phi) is 4.99. The summed E-state index contributed by atoms with van der Waals surface area (Å²) in [6, 6.07) is 10.9. The highest BCUT2D eigenvalue weighted by Crippen LogP contribution is 2.24. The van der Waals surface area contributed by atoms with E-state index in [0.717, 1.165) is 21.1 Å². The Morgan fingerprint density at radius 2 is 1.85 bits per heavy atom. The van der Waals surface area contributed by atoms with Crippen LogP contribution < -0.4 is 15.7 Å². The maximum absolute atomic E-state index is 12.2. The van der Waals surface area contributed by atoms with E-state index in [4.69, 9.17) is 4.74 Å². The number of aryl methyl sites for hydroxylation is 2. The lowest BCUT2D eigenvalue weighted by molar-refractivity contribution is -0.111. The van der Waals surface area contributed by atoms with Crippen LogP contribution in [-0.4, -0.2) is 22.2 Å². The van der Waals surface area contributed by atoms with E-state index in [0.29, 0.717) is 11.4 Å². The standard InChI is InChI=1S/C19H18BrN3O3/c1-22-15-7-6-14(11-16(15)23(2)19(22)25)21-18(24)9-4-12-10-13(20)5-8-17(12)26-3/h4-11H,1-3H3,(H,21,24)/b9-4+. The number of methoxy groups -OCH3 is 1. The van der Waals surface area contributed by atoms with Gasteiger partial charge in [0.25, 0.3) is 0 Å². The first-order valence-electron chi connectivity index (χ1n) is 7.89. The van der Waals surface area contributed by atoms with Gasteiger partial charge in [-0.05, 0) is 42.5 Å². The van der Waals surface area contributed by atoms with Crippen LogP contribution in [0.2, 0.25) is 0 Å². The highest BCUT2D eigenvalue weighted by Gasteiger charge is 2.09. The normalized spacial score (nSPS) is 11.2. The number of nitrogens with one attached hydrogen (secondary N) is 1. The Morgan fingerprint density at radius 1 is 1.12 bits per heavy atom. The second-order valence-corrected chi connectivity index (χ2v) is 6.73. The first-order valence-corrected chi connectivity index (χ1v) is 8.68. The fraction of sp³-hybridized carbons (Fsp3) is 0.158. The average Bonchev–Trinajstić information content (AvgIpc) is 2.84. The molecule has 0 saturated carbocycles. The Labute approximate surface area is 158 Å². The molecule has 0 spiro atoms. The van der Waals surface area contributed by atoms with E-state index in [-0.39, 0.29) is 11.6 Å². The van der Waals surface area contributed by atoms with Crippen molar-refractivity contribution in [1.82, 2.24) is 9.13 Å². The molecule has 0 fully saturated rings. The Bertz CT molecular complexity index is 1080. The van der Waals surface area contributed by atoms with Crippen molar-refractivity contribution >= 4 is 44.6 Å². The second kappa shape index (κ2) is 7.21. The van der Waals surface area contributed by atoms with Gasteiger partial charge in [-0.1, -0.05) is 15.9 Å². The van der Waals surface area contributed by atoms with Crippen LogP contribution in [0.4, 0.5) is 5.69 Å². The molecule has 1 heterocycles. The Morgan fingerprint density at radius 3 is 2.58 bits per heavy atom. The number of ether oxygens (including phenoxy) is 1. The van der Waals surface area contributed by atoms with Crippen molar-refractivity contribution in [2.75, 3.05) is 12.4 Å². The minimum Gasteiger partial charge on any atom is -0.496 e. The van der Waals surface area contributed by atoms with Crippen LogP contribution in [0, 0.1) is 0 Å². The predicted molar refractivity (Wildman–Crippen MR) is 107 cm³/mol. The number of anilines is 1. The zero-order valence-electron chi connectivity index (χ0n) is 14.6. The van der Waals surface area contributed by atoms with E-state index >= 15 is 0 Å². The van der Waals surface area contributed by atoms with Crippen LogP contribution in [0.5, 0.6) is 5.75 Å². The molecule has 1 N–H and O–H groups in total. The number of carbonyl (C=O) groups is 1. The molecule has 0 atom stereocenters. The van der Waals surface area contributed by atoms with E-state index in [9.17, 15) is 9.59 Å². The number of nitrogens with zero attached hydrogens (tertiary/aromatic N) is 2. The average molecular weight is 416 g/mol. The number of benzene rings is 2. The summed E-state index contributed by atoms with van der Waals surface area (Å²) in [6.07, 6.45) is 3.13. The number of imidazole rings is 1. The molecule has 0 radical (unpaired) electrons. The number of fused-ring (bicyclic) bond motifs is 1. The van der Waals surface area contributed by atoms with Crippen LogP contribution >= 0.6 is 15.9 Å². The van der Waals surface area contributed by atoms with Gasteiger partial charge in [-0.25, -0.2) is 4.79 Å². The first-order chi connectivity index (χ1) is 12.4. The molecule has 1 aromatic heterocycles. The van der Waals surface area contributed by atoms with Crippen LogP contribution in [-0.2, 0) is 18.9 Å². The number of carbonyl (C=O) groups excluding carboxylic acids is 1. The highest BCUT2D eigenvalue weighted by atomic mass is 79.9. The summed E-state index contributed by atoms with van der Waals surface area (Å²) in [5, 5.41) is 2.81. The van der Waals surface area contributed by atoms with Gasteiger partial charge in [0.15, 0.2) is 0 Å². The molecule has 3 aromatic rings. The SMILES string of the molecule is COc1ccc(Br)cc1/C=C/C(=O)Nc1ccc2c(c1)n(C)c(=O)n2C. The van der Waals surface area contributed by atoms with Crippen molar-refractivity contribution in [3.8, 4) is 5.75 Å².